The lowest BCUT2D eigenvalue weighted by Gasteiger charge is -2.14. The SMILES string of the molecule is CCC(CC(=O)CS(=O)(=O)Cc1nc(-c2ccccc2Cl)oc1C)Cc1ccccc1. The molecule has 0 radical (unpaired) electrons. The average Bonchev–Trinajstić information content (AvgIpc) is 3.07. The van der Waals surface area contributed by atoms with Gasteiger partial charge in [0.05, 0.1) is 22.0 Å². The quantitative estimate of drug-likeness (QED) is 0.403. The first-order valence-corrected chi connectivity index (χ1v) is 12.4. The second kappa shape index (κ2) is 10.2. The van der Waals surface area contributed by atoms with Crippen LogP contribution in [0.25, 0.3) is 11.5 Å². The zero-order valence-electron chi connectivity index (χ0n) is 17.7. The summed E-state index contributed by atoms with van der Waals surface area (Å²) in [5, 5.41) is 0.470. The van der Waals surface area contributed by atoms with Crippen LogP contribution in [-0.4, -0.2) is 24.9 Å². The van der Waals surface area contributed by atoms with Gasteiger partial charge in [0.25, 0.3) is 0 Å². The minimum Gasteiger partial charge on any atom is -0.441 e. The molecule has 7 heteroatoms. The van der Waals surface area contributed by atoms with E-state index < -0.39 is 15.6 Å². The third-order valence-corrected chi connectivity index (χ3v) is 7.00. The summed E-state index contributed by atoms with van der Waals surface area (Å²) in [7, 11) is -3.67. The summed E-state index contributed by atoms with van der Waals surface area (Å²) < 4.78 is 31.0. The van der Waals surface area contributed by atoms with E-state index >= 15 is 0 Å². The summed E-state index contributed by atoms with van der Waals surface area (Å²) >= 11 is 6.18. The number of nitrogens with zero attached hydrogens (tertiary/aromatic N) is 1. The van der Waals surface area contributed by atoms with Gasteiger partial charge in [-0.2, -0.15) is 0 Å². The van der Waals surface area contributed by atoms with Crippen molar-refractivity contribution in [2.75, 3.05) is 5.75 Å². The van der Waals surface area contributed by atoms with Crippen molar-refractivity contribution in [1.82, 2.24) is 4.98 Å². The highest BCUT2D eigenvalue weighted by molar-refractivity contribution is 7.91. The Bertz CT molecular complexity index is 1140. The van der Waals surface area contributed by atoms with Crippen molar-refractivity contribution in [3.05, 3.63) is 76.6 Å². The molecule has 0 amide bonds. The number of oxazole rings is 1. The maximum Gasteiger partial charge on any atom is 0.228 e. The molecule has 0 aliphatic carbocycles. The number of Topliss-reactive ketones (excluding diaryl/α,β-unsaturated/α-hetero) is 1. The summed E-state index contributed by atoms with van der Waals surface area (Å²) in [6, 6.07) is 17.0. The van der Waals surface area contributed by atoms with Crippen LogP contribution >= 0.6 is 11.6 Å². The average molecular weight is 460 g/mol. The van der Waals surface area contributed by atoms with E-state index in [-0.39, 0.29) is 29.8 Å². The molecule has 0 N–H and O–H groups in total. The number of ketones is 1. The van der Waals surface area contributed by atoms with Crippen molar-refractivity contribution in [2.24, 2.45) is 5.92 Å². The number of aryl methyl sites for hydroxylation is 1. The highest BCUT2D eigenvalue weighted by Crippen LogP contribution is 2.29. The predicted molar refractivity (Wildman–Crippen MR) is 123 cm³/mol. The Kier molecular flexibility index (Phi) is 7.68. The summed E-state index contributed by atoms with van der Waals surface area (Å²) in [6.45, 7) is 3.68. The van der Waals surface area contributed by atoms with Crippen molar-refractivity contribution >= 4 is 27.2 Å². The molecule has 0 saturated carbocycles. The van der Waals surface area contributed by atoms with Gasteiger partial charge in [-0.25, -0.2) is 13.4 Å². The van der Waals surface area contributed by atoms with Crippen LogP contribution in [0.4, 0.5) is 0 Å². The van der Waals surface area contributed by atoms with Crippen LogP contribution < -0.4 is 0 Å². The van der Waals surface area contributed by atoms with Gasteiger partial charge in [-0.05, 0) is 37.0 Å². The van der Waals surface area contributed by atoms with E-state index in [1.165, 1.54) is 0 Å². The minimum atomic E-state index is -3.67. The molecular formula is C24H26ClNO4S. The number of halogens is 1. The number of carbonyl (C=O) groups excluding carboxylic acids is 1. The Balaban J connectivity index is 1.64. The van der Waals surface area contributed by atoms with Crippen molar-refractivity contribution in [1.29, 1.82) is 0 Å². The largest absolute Gasteiger partial charge is 0.441 e. The molecule has 0 fully saturated rings. The molecule has 31 heavy (non-hydrogen) atoms. The topological polar surface area (TPSA) is 77.2 Å². The van der Waals surface area contributed by atoms with Crippen LogP contribution in [0.3, 0.4) is 0 Å². The number of benzene rings is 2. The number of aromatic nitrogens is 1. The third-order valence-electron chi connectivity index (χ3n) is 5.20. The fraction of sp³-hybridized carbons (Fsp3) is 0.333. The molecule has 0 aliphatic rings. The Morgan fingerprint density at radius 1 is 1.10 bits per heavy atom. The molecule has 164 valence electrons. The minimum absolute atomic E-state index is 0.116. The molecule has 2 aromatic carbocycles. The van der Waals surface area contributed by atoms with Gasteiger partial charge < -0.3 is 4.42 Å². The number of hydrogen-bond acceptors (Lipinski definition) is 5. The van der Waals surface area contributed by atoms with Gasteiger partial charge in [0.2, 0.25) is 5.89 Å². The van der Waals surface area contributed by atoms with Crippen LogP contribution in [0.2, 0.25) is 5.02 Å². The van der Waals surface area contributed by atoms with Crippen LogP contribution in [0.15, 0.2) is 59.0 Å². The van der Waals surface area contributed by atoms with Crippen LogP contribution in [-0.2, 0) is 26.8 Å². The second-order valence-electron chi connectivity index (χ2n) is 7.74. The van der Waals surface area contributed by atoms with Crippen LogP contribution in [0.5, 0.6) is 0 Å². The maximum absolute atomic E-state index is 12.7. The first-order chi connectivity index (χ1) is 14.8. The van der Waals surface area contributed by atoms with Gasteiger partial charge in [0, 0.05) is 6.42 Å². The molecule has 5 nitrogen and oxygen atoms in total. The van der Waals surface area contributed by atoms with E-state index in [1.54, 1.807) is 31.2 Å². The summed E-state index contributed by atoms with van der Waals surface area (Å²) in [5.74, 6) is -0.309. The molecule has 1 unspecified atom stereocenters. The zero-order chi connectivity index (χ0) is 22.4. The molecule has 1 heterocycles. The van der Waals surface area contributed by atoms with Crippen LogP contribution in [0, 0.1) is 12.8 Å². The van der Waals surface area contributed by atoms with Gasteiger partial charge in [0.15, 0.2) is 9.84 Å². The molecule has 0 bridgehead atoms. The summed E-state index contributed by atoms with van der Waals surface area (Å²) in [4.78, 5) is 16.8. The molecular weight excluding hydrogens is 434 g/mol. The normalized spacial score (nSPS) is 12.6. The van der Waals surface area contributed by atoms with Crippen molar-refractivity contribution in [3.63, 3.8) is 0 Å². The van der Waals surface area contributed by atoms with Crippen molar-refractivity contribution < 1.29 is 17.6 Å². The monoisotopic (exact) mass is 459 g/mol. The summed E-state index contributed by atoms with van der Waals surface area (Å²) in [5.41, 5.74) is 2.05. The second-order valence-corrected chi connectivity index (χ2v) is 10.2. The first-order valence-electron chi connectivity index (χ1n) is 10.2. The molecule has 3 aromatic rings. The van der Waals surface area contributed by atoms with E-state index in [0.717, 1.165) is 18.4 Å². The zero-order valence-corrected chi connectivity index (χ0v) is 19.2. The fourth-order valence-electron chi connectivity index (χ4n) is 3.51. The highest BCUT2D eigenvalue weighted by Gasteiger charge is 2.24. The Morgan fingerprint density at radius 2 is 1.77 bits per heavy atom. The number of carbonyl (C=O) groups is 1. The first kappa shape index (κ1) is 23.2. The van der Waals surface area contributed by atoms with E-state index in [2.05, 4.69) is 4.98 Å². The Morgan fingerprint density at radius 3 is 2.45 bits per heavy atom. The predicted octanol–water partition coefficient (Wildman–Crippen LogP) is 5.45. The fourth-order valence-corrected chi connectivity index (χ4v) is 5.12. The standard InChI is InChI=1S/C24H26ClNO4S/c1-3-18(13-19-9-5-4-6-10-19)14-20(27)15-31(28,29)16-23-17(2)30-24(26-23)21-11-7-8-12-22(21)25/h4-12,18H,3,13-16H2,1-2H3. The maximum atomic E-state index is 12.7. The van der Waals surface area contributed by atoms with Gasteiger partial charge in [-0.1, -0.05) is 67.4 Å². The van der Waals surface area contributed by atoms with Crippen LogP contribution in [0.1, 0.15) is 36.8 Å². The molecule has 0 aliphatic heterocycles. The Hall–Kier alpha value is -2.44. The van der Waals surface area contributed by atoms with Gasteiger partial charge in [0.1, 0.15) is 17.3 Å². The molecule has 3 rings (SSSR count). The Labute approximate surface area is 188 Å². The van der Waals surface area contributed by atoms with Gasteiger partial charge in [-0.15, -0.1) is 0 Å². The van der Waals surface area contributed by atoms with E-state index in [0.29, 0.717) is 22.0 Å². The summed E-state index contributed by atoms with van der Waals surface area (Å²) in [6.07, 6.45) is 1.81. The van der Waals surface area contributed by atoms with Gasteiger partial charge in [-0.3, -0.25) is 4.79 Å². The molecule has 0 spiro atoms. The van der Waals surface area contributed by atoms with Crippen molar-refractivity contribution in [2.45, 2.75) is 38.9 Å². The lowest BCUT2D eigenvalue weighted by Crippen LogP contribution is -2.21. The van der Waals surface area contributed by atoms with Gasteiger partial charge >= 0.3 is 0 Å². The smallest absolute Gasteiger partial charge is 0.228 e. The number of rotatable bonds is 10. The third kappa shape index (κ3) is 6.52. The van der Waals surface area contributed by atoms with E-state index in [4.69, 9.17) is 16.0 Å². The molecule has 1 aromatic heterocycles. The number of hydrogen-bond donors (Lipinski definition) is 0. The highest BCUT2D eigenvalue weighted by atomic mass is 35.5. The molecule has 1 atom stereocenters. The van der Waals surface area contributed by atoms with Crippen molar-refractivity contribution in [3.8, 4) is 11.5 Å². The van der Waals surface area contributed by atoms with E-state index in [9.17, 15) is 13.2 Å². The number of sulfone groups is 1. The lowest BCUT2D eigenvalue weighted by atomic mass is 9.92. The lowest BCUT2D eigenvalue weighted by molar-refractivity contribution is -0.117. The van der Waals surface area contributed by atoms with E-state index in [1.807, 2.05) is 37.3 Å². The molecule has 0 saturated heterocycles.